The Hall–Kier alpha value is -2.31. The molecule has 0 aliphatic heterocycles. The van der Waals surface area contributed by atoms with E-state index in [1.807, 2.05) is 5.40 Å². The second-order valence-electron chi connectivity index (χ2n) is 5.02. The number of hydrogen-bond donors (Lipinski definition) is 1. The molecule has 25 heavy (non-hydrogen) atoms. The van der Waals surface area contributed by atoms with Gasteiger partial charge >= 0.3 is 6.18 Å². The number of rotatable bonds is 4. The van der Waals surface area contributed by atoms with Crippen LogP contribution in [0.15, 0.2) is 52.2 Å². The number of aromatic nitrogens is 2. The summed E-state index contributed by atoms with van der Waals surface area (Å²) in [6, 6.07) is 7.76. The summed E-state index contributed by atoms with van der Waals surface area (Å²) in [6.07, 6.45) is -1.97. The van der Waals surface area contributed by atoms with Gasteiger partial charge in [0.25, 0.3) is 0 Å². The fourth-order valence-electron chi connectivity index (χ4n) is 2.26. The van der Waals surface area contributed by atoms with Gasteiger partial charge in [-0.3, -0.25) is 4.98 Å². The number of thiol groups is 1. The number of alkyl halides is 3. The minimum absolute atomic E-state index is 0.0759. The molecular formula is C16H10F3N3OS2. The summed E-state index contributed by atoms with van der Waals surface area (Å²) in [5.41, 5.74) is 0.564. The van der Waals surface area contributed by atoms with Crippen molar-refractivity contribution in [2.45, 2.75) is 17.1 Å². The van der Waals surface area contributed by atoms with E-state index in [-0.39, 0.29) is 11.6 Å². The minimum Gasteiger partial charge on any atom is -0.450 e. The highest BCUT2D eigenvalue weighted by atomic mass is 32.2. The SMILES string of the molecule is N#CSCn1cc(C(F)(F)F)cc1-c1ccc(-c2ccc(S)o2)cn1. The van der Waals surface area contributed by atoms with Crippen LogP contribution in [0.25, 0.3) is 22.7 Å². The zero-order valence-electron chi connectivity index (χ0n) is 12.5. The normalized spacial score (nSPS) is 11.5. The molecule has 0 unspecified atom stereocenters. The van der Waals surface area contributed by atoms with Crippen LogP contribution < -0.4 is 0 Å². The van der Waals surface area contributed by atoms with Gasteiger partial charge in [0.2, 0.25) is 0 Å². The lowest BCUT2D eigenvalue weighted by Crippen LogP contribution is -2.03. The Morgan fingerprint density at radius 1 is 1.28 bits per heavy atom. The highest BCUT2D eigenvalue weighted by Crippen LogP contribution is 2.34. The first-order valence-corrected chi connectivity index (χ1v) is 8.35. The maximum atomic E-state index is 13.0. The van der Waals surface area contributed by atoms with E-state index in [0.717, 1.165) is 24.0 Å². The van der Waals surface area contributed by atoms with Crippen LogP contribution in [-0.4, -0.2) is 9.55 Å². The van der Waals surface area contributed by atoms with Crippen LogP contribution >= 0.6 is 24.4 Å². The van der Waals surface area contributed by atoms with E-state index in [2.05, 4.69) is 17.6 Å². The van der Waals surface area contributed by atoms with Crippen molar-refractivity contribution in [3.63, 3.8) is 0 Å². The highest BCUT2D eigenvalue weighted by Gasteiger charge is 2.33. The average Bonchev–Trinajstić information content (AvgIpc) is 3.19. The Kier molecular flexibility index (Phi) is 4.83. The van der Waals surface area contributed by atoms with E-state index in [1.165, 1.54) is 10.8 Å². The van der Waals surface area contributed by atoms with E-state index in [9.17, 15) is 13.2 Å². The fraction of sp³-hybridized carbons (Fsp3) is 0.125. The van der Waals surface area contributed by atoms with E-state index < -0.39 is 11.7 Å². The maximum Gasteiger partial charge on any atom is 0.417 e. The maximum absolute atomic E-state index is 13.0. The average molecular weight is 381 g/mol. The van der Waals surface area contributed by atoms with Crippen LogP contribution in [0.4, 0.5) is 13.2 Å². The lowest BCUT2D eigenvalue weighted by Gasteiger charge is -2.06. The van der Waals surface area contributed by atoms with Crippen LogP contribution in [0.2, 0.25) is 0 Å². The molecule has 3 heterocycles. The fourth-order valence-corrected chi connectivity index (χ4v) is 2.84. The molecular weight excluding hydrogens is 371 g/mol. The van der Waals surface area contributed by atoms with Crippen molar-refractivity contribution in [3.05, 3.63) is 48.3 Å². The van der Waals surface area contributed by atoms with Crippen molar-refractivity contribution < 1.29 is 17.6 Å². The Morgan fingerprint density at radius 3 is 2.64 bits per heavy atom. The number of nitrogens with zero attached hydrogens (tertiary/aromatic N) is 3. The first kappa shape index (κ1) is 17.5. The van der Waals surface area contributed by atoms with E-state index >= 15 is 0 Å². The number of thiocyanates is 1. The van der Waals surface area contributed by atoms with Gasteiger partial charge in [-0.05, 0) is 42.1 Å². The lowest BCUT2D eigenvalue weighted by atomic mass is 10.2. The predicted molar refractivity (Wildman–Crippen MR) is 90.8 cm³/mol. The van der Waals surface area contributed by atoms with Gasteiger partial charge in [-0.25, -0.2) is 0 Å². The molecule has 3 aromatic rings. The van der Waals surface area contributed by atoms with Gasteiger partial charge in [0, 0.05) is 18.0 Å². The van der Waals surface area contributed by atoms with Crippen molar-refractivity contribution >= 4 is 24.4 Å². The molecule has 0 amide bonds. The molecule has 4 nitrogen and oxygen atoms in total. The third-order valence-electron chi connectivity index (χ3n) is 3.39. The molecule has 0 fully saturated rings. The predicted octanol–water partition coefficient (Wildman–Crippen LogP) is 5.29. The Balaban J connectivity index is 1.97. The van der Waals surface area contributed by atoms with Crippen molar-refractivity contribution in [1.82, 2.24) is 9.55 Å². The number of hydrogen-bond acceptors (Lipinski definition) is 5. The van der Waals surface area contributed by atoms with Gasteiger partial charge in [0.15, 0.2) is 5.09 Å². The minimum atomic E-state index is -4.46. The zero-order chi connectivity index (χ0) is 18.0. The molecule has 0 aliphatic carbocycles. The Labute approximate surface area is 150 Å². The zero-order valence-corrected chi connectivity index (χ0v) is 14.2. The van der Waals surface area contributed by atoms with Crippen molar-refractivity contribution in [2.24, 2.45) is 0 Å². The molecule has 0 aliphatic rings. The van der Waals surface area contributed by atoms with E-state index in [0.29, 0.717) is 22.1 Å². The molecule has 9 heteroatoms. The number of nitriles is 1. The lowest BCUT2D eigenvalue weighted by molar-refractivity contribution is -0.137. The largest absolute Gasteiger partial charge is 0.450 e. The quantitative estimate of drug-likeness (QED) is 0.493. The summed E-state index contributed by atoms with van der Waals surface area (Å²) in [6.45, 7) is 0. The second-order valence-corrected chi connectivity index (χ2v) is 6.19. The van der Waals surface area contributed by atoms with E-state index in [4.69, 9.17) is 9.68 Å². The van der Waals surface area contributed by atoms with Crippen LogP contribution in [0.1, 0.15) is 5.56 Å². The van der Waals surface area contributed by atoms with Gasteiger partial charge in [-0.1, -0.05) is 0 Å². The third-order valence-corrected chi connectivity index (χ3v) is 4.17. The van der Waals surface area contributed by atoms with Gasteiger partial charge in [0.05, 0.1) is 22.8 Å². The summed E-state index contributed by atoms with van der Waals surface area (Å²) in [5.74, 6) is 0.641. The first-order valence-electron chi connectivity index (χ1n) is 6.92. The second kappa shape index (κ2) is 6.90. The number of thioether (sulfide) groups is 1. The number of halogens is 3. The molecule has 0 aromatic carbocycles. The number of pyridine rings is 1. The summed E-state index contributed by atoms with van der Waals surface area (Å²) in [7, 11) is 0. The van der Waals surface area contributed by atoms with Crippen molar-refractivity contribution in [1.29, 1.82) is 5.26 Å². The molecule has 0 N–H and O–H groups in total. The van der Waals surface area contributed by atoms with Crippen LogP contribution in [0.3, 0.4) is 0 Å². The standard InChI is InChI=1S/C16H10F3N3OS2/c17-16(18,19)11-5-13(22(7-11)9-25-8-20)12-2-1-10(6-21-12)14-3-4-15(24)23-14/h1-7,24H,9H2. The molecule has 0 atom stereocenters. The highest BCUT2D eigenvalue weighted by molar-refractivity contribution is 8.02. The molecule has 0 saturated carbocycles. The monoisotopic (exact) mass is 381 g/mol. The molecule has 0 radical (unpaired) electrons. The summed E-state index contributed by atoms with van der Waals surface area (Å²) < 4.78 is 45.7. The summed E-state index contributed by atoms with van der Waals surface area (Å²) in [4.78, 5) is 4.23. The Bertz CT molecular complexity index is 923. The summed E-state index contributed by atoms with van der Waals surface area (Å²) in [5, 5.41) is 11.0. The molecule has 3 aromatic heterocycles. The van der Waals surface area contributed by atoms with E-state index in [1.54, 1.807) is 24.3 Å². The van der Waals surface area contributed by atoms with Crippen molar-refractivity contribution in [2.75, 3.05) is 0 Å². The van der Waals surface area contributed by atoms with Crippen LogP contribution in [0, 0.1) is 10.7 Å². The van der Waals surface area contributed by atoms with Gasteiger partial charge in [-0.15, -0.1) is 12.6 Å². The molecule has 0 bridgehead atoms. The molecule has 0 spiro atoms. The van der Waals surface area contributed by atoms with Gasteiger partial charge in [-0.2, -0.15) is 18.4 Å². The van der Waals surface area contributed by atoms with Gasteiger partial charge in [0.1, 0.15) is 11.2 Å². The van der Waals surface area contributed by atoms with Crippen LogP contribution in [-0.2, 0) is 12.1 Å². The smallest absolute Gasteiger partial charge is 0.417 e. The summed E-state index contributed by atoms with van der Waals surface area (Å²) >= 11 is 4.93. The Morgan fingerprint density at radius 2 is 2.08 bits per heavy atom. The topological polar surface area (TPSA) is 54.8 Å². The first-order chi connectivity index (χ1) is 11.9. The molecule has 0 saturated heterocycles. The number of furan rings is 1. The van der Waals surface area contributed by atoms with Gasteiger partial charge < -0.3 is 8.98 Å². The van der Waals surface area contributed by atoms with Crippen LogP contribution in [0.5, 0.6) is 0 Å². The third kappa shape index (κ3) is 3.86. The molecule has 128 valence electrons. The van der Waals surface area contributed by atoms with Crippen molar-refractivity contribution in [3.8, 4) is 28.1 Å². The molecule has 3 rings (SSSR count).